The van der Waals surface area contributed by atoms with Crippen LogP contribution < -0.4 is 10.6 Å². The van der Waals surface area contributed by atoms with Crippen molar-refractivity contribution in [3.63, 3.8) is 0 Å². The standard InChI is InChI=1S/C17H24N2O/c1-2-18-16(10-12-4-3-5-12)14-7-6-13-8-9-19-17(20)15(13)11-14/h6-7,11-12,16,18H,2-5,8-10H2,1H3,(H,19,20). The van der Waals surface area contributed by atoms with E-state index in [1.54, 1.807) is 0 Å². The van der Waals surface area contributed by atoms with Crippen LogP contribution >= 0.6 is 0 Å². The number of hydrogen-bond acceptors (Lipinski definition) is 2. The molecular weight excluding hydrogens is 248 g/mol. The minimum atomic E-state index is 0.0898. The first-order valence-electron chi connectivity index (χ1n) is 7.92. The molecule has 3 rings (SSSR count). The van der Waals surface area contributed by atoms with Gasteiger partial charge in [-0.25, -0.2) is 0 Å². The first kappa shape index (κ1) is 13.6. The van der Waals surface area contributed by atoms with Gasteiger partial charge in [0, 0.05) is 18.2 Å². The Morgan fingerprint density at radius 3 is 2.95 bits per heavy atom. The lowest BCUT2D eigenvalue weighted by Crippen LogP contribution is -2.32. The fourth-order valence-corrected chi connectivity index (χ4v) is 3.29. The van der Waals surface area contributed by atoms with Crippen molar-refractivity contribution >= 4 is 5.91 Å². The molecular formula is C17H24N2O. The van der Waals surface area contributed by atoms with Gasteiger partial charge in [0.05, 0.1) is 0 Å². The lowest BCUT2D eigenvalue weighted by Gasteiger charge is -2.31. The molecule has 1 saturated carbocycles. The first-order chi connectivity index (χ1) is 9.78. The molecule has 3 heteroatoms. The van der Waals surface area contributed by atoms with Crippen molar-refractivity contribution in [3.8, 4) is 0 Å². The molecule has 0 aromatic heterocycles. The Morgan fingerprint density at radius 1 is 1.40 bits per heavy atom. The fraction of sp³-hybridized carbons (Fsp3) is 0.588. The zero-order valence-electron chi connectivity index (χ0n) is 12.2. The topological polar surface area (TPSA) is 41.1 Å². The van der Waals surface area contributed by atoms with Gasteiger partial charge in [-0.1, -0.05) is 38.3 Å². The molecule has 1 fully saturated rings. The third kappa shape index (κ3) is 2.73. The highest BCUT2D eigenvalue weighted by atomic mass is 16.1. The van der Waals surface area contributed by atoms with E-state index in [1.165, 1.54) is 36.8 Å². The lowest BCUT2D eigenvalue weighted by atomic mass is 9.79. The summed E-state index contributed by atoms with van der Waals surface area (Å²) in [5.74, 6) is 0.955. The maximum Gasteiger partial charge on any atom is 0.251 e. The molecule has 0 bridgehead atoms. The summed E-state index contributed by atoms with van der Waals surface area (Å²) in [4.78, 5) is 12.0. The summed E-state index contributed by atoms with van der Waals surface area (Å²) >= 11 is 0. The molecule has 3 nitrogen and oxygen atoms in total. The molecule has 1 aromatic rings. The van der Waals surface area contributed by atoms with Crippen molar-refractivity contribution in [3.05, 3.63) is 34.9 Å². The van der Waals surface area contributed by atoms with Crippen LogP contribution in [0.2, 0.25) is 0 Å². The molecule has 2 N–H and O–H groups in total. The monoisotopic (exact) mass is 272 g/mol. The van der Waals surface area contributed by atoms with E-state index in [1.807, 2.05) is 0 Å². The summed E-state index contributed by atoms with van der Waals surface area (Å²) in [5.41, 5.74) is 3.34. The van der Waals surface area contributed by atoms with Gasteiger partial charge in [0.1, 0.15) is 0 Å². The Bertz CT molecular complexity index is 494. The molecule has 0 spiro atoms. The summed E-state index contributed by atoms with van der Waals surface area (Å²) in [7, 11) is 0. The van der Waals surface area contributed by atoms with E-state index in [-0.39, 0.29) is 5.91 Å². The number of rotatable bonds is 5. The van der Waals surface area contributed by atoms with Crippen LogP contribution in [-0.2, 0) is 6.42 Å². The van der Waals surface area contributed by atoms with E-state index in [4.69, 9.17) is 0 Å². The predicted octanol–water partition coefficient (Wildman–Crippen LogP) is 2.81. The van der Waals surface area contributed by atoms with Crippen molar-refractivity contribution in [2.45, 2.75) is 45.1 Å². The van der Waals surface area contributed by atoms with Gasteiger partial charge in [-0.2, -0.15) is 0 Å². The summed E-state index contributed by atoms with van der Waals surface area (Å²) in [6.07, 6.45) is 6.28. The van der Waals surface area contributed by atoms with Crippen molar-refractivity contribution in [1.82, 2.24) is 10.6 Å². The van der Waals surface area contributed by atoms with Crippen LogP contribution in [0.4, 0.5) is 0 Å². The summed E-state index contributed by atoms with van der Waals surface area (Å²) < 4.78 is 0. The van der Waals surface area contributed by atoms with Crippen LogP contribution in [0, 0.1) is 5.92 Å². The Hall–Kier alpha value is -1.35. The Labute approximate surface area is 121 Å². The first-order valence-corrected chi connectivity index (χ1v) is 7.92. The molecule has 2 aliphatic rings. The van der Waals surface area contributed by atoms with Crippen LogP contribution in [0.5, 0.6) is 0 Å². The molecule has 1 unspecified atom stereocenters. The summed E-state index contributed by atoms with van der Waals surface area (Å²) in [6, 6.07) is 6.86. The van der Waals surface area contributed by atoms with Crippen molar-refractivity contribution in [2.75, 3.05) is 13.1 Å². The molecule has 20 heavy (non-hydrogen) atoms. The summed E-state index contributed by atoms with van der Waals surface area (Å²) in [6.45, 7) is 3.89. The van der Waals surface area contributed by atoms with E-state index in [0.29, 0.717) is 6.04 Å². The highest BCUT2D eigenvalue weighted by Gasteiger charge is 2.24. The minimum Gasteiger partial charge on any atom is -0.352 e. The number of benzene rings is 1. The normalized spacial score (nSPS) is 19.9. The molecule has 1 aromatic carbocycles. The molecule has 108 valence electrons. The molecule has 1 aliphatic heterocycles. The quantitative estimate of drug-likeness (QED) is 0.865. The molecule has 1 aliphatic carbocycles. The molecule has 1 heterocycles. The van der Waals surface area contributed by atoms with E-state index in [2.05, 4.69) is 35.8 Å². The number of carbonyl (C=O) groups is 1. The van der Waals surface area contributed by atoms with E-state index < -0.39 is 0 Å². The van der Waals surface area contributed by atoms with Gasteiger partial charge in [-0.15, -0.1) is 0 Å². The number of amides is 1. The van der Waals surface area contributed by atoms with Crippen molar-refractivity contribution < 1.29 is 4.79 Å². The van der Waals surface area contributed by atoms with Gasteiger partial charge in [0.25, 0.3) is 5.91 Å². The van der Waals surface area contributed by atoms with Gasteiger partial charge in [0.2, 0.25) is 0 Å². The summed E-state index contributed by atoms with van der Waals surface area (Å²) in [5, 5.41) is 6.53. The maximum absolute atomic E-state index is 12.0. The smallest absolute Gasteiger partial charge is 0.251 e. The zero-order valence-corrected chi connectivity index (χ0v) is 12.2. The highest BCUT2D eigenvalue weighted by Crippen LogP contribution is 2.35. The van der Waals surface area contributed by atoms with Gasteiger partial charge < -0.3 is 10.6 Å². The van der Waals surface area contributed by atoms with Crippen LogP contribution in [0.25, 0.3) is 0 Å². The number of fused-ring (bicyclic) bond motifs is 1. The highest BCUT2D eigenvalue weighted by molar-refractivity contribution is 5.96. The molecule has 0 radical (unpaired) electrons. The van der Waals surface area contributed by atoms with Crippen molar-refractivity contribution in [2.24, 2.45) is 5.92 Å². The van der Waals surface area contributed by atoms with E-state index in [0.717, 1.165) is 31.0 Å². The Kier molecular flexibility index (Phi) is 4.06. The van der Waals surface area contributed by atoms with Crippen LogP contribution in [0.15, 0.2) is 18.2 Å². The lowest BCUT2D eigenvalue weighted by molar-refractivity contribution is 0.0946. The van der Waals surface area contributed by atoms with Gasteiger partial charge in [0.15, 0.2) is 0 Å². The van der Waals surface area contributed by atoms with E-state index in [9.17, 15) is 4.79 Å². The maximum atomic E-state index is 12.0. The Balaban J connectivity index is 1.82. The average molecular weight is 272 g/mol. The molecule has 1 amide bonds. The number of nitrogens with one attached hydrogen (secondary N) is 2. The predicted molar refractivity (Wildman–Crippen MR) is 80.9 cm³/mol. The second kappa shape index (κ2) is 5.96. The Morgan fingerprint density at radius 2 is 2.25 bits per heavy atom. The van der Waals surface area contributed by atoms with Gasteiger partial charge >= 0.3 is 0 Å². The fourth-order valence-electron chi connectivity index (χ4n) is 3.29. The third-order valence-electron chi connectivity index (χ3n) is 4.71. The largest absolute Gasteiger partial charge is 0.352 e. The minimum absolute atomic E-state index is 0.0898. The van der Waals surface area contributed by atoms with Gasteiger partial charge in [-0.05, 0) is 42.5 Å². The van der Waals surface area contributed by atoms with E-state index >= 15 is 0 Å². The van der Waals surface area contributed by atoms with Crippen LogP contribution in [-0.4, -0.2) is 19.0 Å². The second-order valence-electron chi connectivity index (χ2n) is 6.07. The van der Waals surface area contributed by atoms with Crippen LogP contribution in [0.1, 0.15) is 60.1 Å². The molecule has 0 saturated heterocycles. The van der Waals surface area contributed by atoms with Crippen LogP contribution in [0.3, 0.4) is 0 Å². The molecule has 1 atom stereocenters. The number of hydrogen-bond donors (Lipinski definition) is 2. The van der Waals surface area contributed by atoms with Gasteiger partial charge in [-0.3, -0.25) is 4.79 Å². The third-order valence-corrected chi connectivity index (χ3v) is 4.71. The SMILES string of the molecule is CCNC(CC1CCC1)c1ccc2c(c1)C(=O)NCC2. The number of carbonyl (C=O) groups excluding carboxylic acids is 1. The second-order valence-corrected chi connectivity index (χ2v) is 6.07. The van der Waals surface area contributed by atoms with Crippen molar-refractivity contribution in [1.29, 1.82) is 0 Å². The zero-order chi connectivity index (χ0) is 13.9. The average Bonchev–Trinajstić information content (AvgIpc) is 2.42.